The third-order valence-corrected chi connectivity index (χ3v) is 5.09. The second-order valence-corrected chi connectivity index (χ2v) is 7.84. The fourth-order valence-electron chi connectivity index (χ4n) is 3.18. The van der Waals surface area contributed by atoms with Gasteiger partial charge in [-0.05, 0) is 48.4 Å². The standard InChI is InChI=1S/C27H26N4O7/c1-3-13-38-21-11-9-18(10-12-21)14-23(29-26(33)19-7-5-4-6-8-19)27(34)30-28-17-20-15-22(37-2)16-24(25(20)32)31(35)36/h4-12,14-17,32H,3,13H2,1-2H3,(H,29,33)(H,30,34)/b23-14?,28-17+. The fraction of sp³-hybridized carbons (Fsp3) is 0.148. The van der Waals surface area contributed by atoms with E-state index in [1.54, 1.807) is 54.6 Å². The molecule has 11 nitrogen and oxygen atoms in total. The van der Waals surface area contributed by atoms with E-state index in [0.717, 1.165) is 18.7 Å². The average Bonchev–Trinajstić information content (AvgIpc) is 2.93. The van der Waals surface area contributed by atoms with Crippen molar-refractivity contribution in [3.63, 3.8) is 0 Å². The Labute approximate surface area is 218 Å². The van der Waals surface area contributed by atoms with Crippen LogP contribution in [0.1, 0.15) is 34.8 Å². The Kier molecular flexibility index (Phi) is 9.52. The number of benzene rings is 3. The van der Waals surface area contributed by atoms with Gasteiger partial charge in [-0.1, -0.05) is 37.3 Å². The van der Waals surface area contributed by atoms with Crippen LogP contribution in [0.25, 0.3) is 6.08 Å². The number of methoxy groups -OCH3 is 1. The number of amides is 2. The summed E-state index contributed by atoms with van der Waals surface area (Å²) < 4.78 is 10.6. The van der Waals surface area contributed by atoms with Gasteiger partial charge in [-0.2, -0.15) is 5.10 Å². The molecule has 0 spiro atoms. The number of carbonyl (C=O) groups excluding carboxylic acids is 2. The van der Waals surface area contributed by atoms with Crippen molar-refractivity contribution in [3.8, 4) is 17.2 Å². The maximum Gasteiger partial charge on any atom is 0.315 e. The van der Waals surface area contributed by atoms with Gasteiger partial charge in [-0.3, -0.25) is 19.7 Å². The van der Waals surface area contributed by atoms with Gasteiger partial charge in [0.1, 0.15) is 17.2 Å². The predicted octanol–water partition coefficient (Wildman–Crippen LogP) is 4.02. The number of aromatic hydroxyl groups is 1. The minimum atomic E-state index is -0.772. The van der Waals surface area contributed by atoms with Crippen LogP contribution in [0, 0.1) is 10.1 Å². The lowest BCUT2D eigenvalue weighted by Crippen LogP contribution is -2.32. The predicted molar refractivity (Wildman–Crippen MR) is 141 cm³/mol. The number of hydrogen-bond donors (Lipinski definition) is 3. The lowest BCUT2D eigenvalue weighted by molar-refractivity contribution is -0.385. The zero-order chi connectivity index (χ0) is 27.5. The molecule has 0 aliphatic carbocycles. The van der Waals surface area contributed by atoms with Crippen LogP contribution in [-0.4, -0.2) is 41.8 Å². The van der Waals surface area contributed by atoms with Crippen molar-refractivity contribution in [2.45, 2.75) is 13.3 Å². The molecule has 0 fully saturated rings. The van der Waals surface area contributed by atoms with Gasteiger partial charge < -0.3 is 19.9 Å². The van der Waals surface area contributed by atoms with Crippen LogP contribution in [0.5, 0.6) is 17.2 Å². The summed E-state index contributed by atoms with van der Waals surface area (Å²) in [4.78, 5) is 36.1. The first-order valence-electron chi connectivity index (χ1n) is 11.5. The van der Waals surface area contributed by atoms with E-state index in [4.69, 9.17) is 9.47 Å². The molecule has 2 amide bonds. The largest absolute Gasteiger partial charge is 0.502 e. The van der Waals surface area contributed by atoms with E-state index >= 15 is 0 Å². The monoisotopic (exact) mass is 518 g/mol. The third kappa shape index (κ3) is 7.40. The maximum atomic E-state index is 13.0. The van der Waals surface area contributed by atoms with Crippen LogP contribution >= 0.6 is 0 Å². The first-order chi connectivity index (χ1) is 18.3. The number of hydrogen-bond acceptors (Lipinski definition) is 8. The number of nitro groups is 1. The Morgan fingerprint density at radius 3 is 2.42 bits per heavy atom. The molecular weight excluding hydrogens is 492 g/mol. The van der Waals surface area contributed by atoms with Crippen molar-refractivity contribution in [3.05, 3.63) is 99.2 Å². The molecule has 0 aliphatic rings. The molecule has 196 valence electrons. The number of carbonyl (C=O) groups is 2. The Bertz CT molecular complexity index is 1350. The van der Waals surface area contributed by atoms with Crippen molar-refractivity contribution in [2.24, 2.45) is 5.10 Å². The van der Waals surface area contributed by atoms with Gasteiger partial charge in [-0.25, -0.2) is 5.43 Å². The number of nitro benzene ring substituents is 1. The highest BCUT2D eigenvalue weighted by atomic mass is 16.6. The molecule has 3 aromatic rings. The second kappa shape index (κ2) is 13.2. The van der Waals surface area contributed by atoms with Gasteiger partial charge in [0.2, 0.25) is 5.75 Å². The summed E-state index contributed by atoms with van der Waals surface area (Å²) in [7, 11) is 1.31. The number of phenolic OH excluding ortho intramolecular Hbond substituents is 1. The van der Waals surface area contributed by atoms with Crippen molar-refractivity contribution < 1.29 is 29.1 Å². The van der Waals surface area contributed by atoms with E-state index in [1.807, 2.05) is 6.92 Å². The number of nitrogens with one attached hydrogen (secondary N) is 2. The van der Waals surface area contributed by atoms with Crippen LogP contribution in [-0.2, 0) is 4.79 Å². The van der Waals surface area contributed by atoms with E-state index in [9.17, 15) is 24.8 Å². The lowest BCUT2D eigenvalue weighted by atomic mass is 10.1. The Morgan fingerprint density at radius 1 is 1.08 bits per heavy atom. The molecule has 0 bridgehead atoms. The number of hydrazone groups is 1. The highest BCUT2D eigenvalue weighted by Crippen LogP contribution is 2.33. The molecule has 0 aromatic heterocycles. The first kappa shape index (κ1) is 27.4. The molecule has 0 heterocycles. The minimum absolute atomic E-state index is 0.0575. The summed E-state index contributed by atoms with van der Waals surface area (Å²) in [6, 6.07) is 17.7. The first-order valence-corrected chi connectivity index (χ1v) is 11.5. The van der Waals surface area contributed by atoms with Gasteiger partial charge in [-0.15, -0.1) is 0 Å². The SMILES string of the molecule is CCCOc1ccc(C=C(NC(=O)c2ccccc2)C(=O)N/N=C/c2cc(OC)cc([N+](=O)[O-])c2O)cc1. The summed E-state index contributed by atoms with van der Waals surface area (Å²) in [6.45, 7) is 2.57. The van der Waals surface area contributed by atoms with Gasteiger partial charge >= 0.3 is 5.69 Å². The van der Waals surface area contributed by atoms with Crippen molar-refractivity contribution in [1.82, 2.24) is 10.7 Å². The van der Waals surface area contributed by atoms with Crippen LogP contribution in [0.4, 0.5) is 5.69 Å². The van der Waals surface area contributed by atoms with Gasteiger partial charge in [0.25, 0.3) is 11.8 Å². The van der Waals surface area contributed by atoms with Gasteiger partial charge in [0.05, 0.1) is 30.9 Å². The molecule has 3 rings (SSSR count). The van der Waals surface area contributed by atoms with Crippen LogP contribution in [0.15, 0.2) is 77.5 Å². The quantitative estimate of drug-likeness (QED) is 0.150. The maximum absolute atomic E-state index is 13.0. The van der Waals surface area contributed by atoms with E-state index in [-0.39, 0.29) is 17.0 Å². The molecular formula is C27H26N4O7. The molecule has 3 aromatic carbocycles. The summed E-state index contributed by atoms with van der Waals surface area (Å²) >= 11 is 0. The zero-order valence-corrected chi connectivity index (χ0v) is 20.7. The number of nitrogens with zero attached hydrogens (tertiary/aromatic N) is 2. The molecule has 11 heteroatoms. The van der Waals surface area contributed by atoms with E-state index < -0.39 is 28.2 Å². The molecule has 0 unspecified atom stereocenters. The minimum Gasteiger partial charge on any atom is -0.502 e. The third-order valence-electron chi connectivity index (χ3n) is 5.09. The molecule has 0 atom stereocenters. The van der Waals surface area contributed by atoms with Gasteiger partial charge in [0, 0.05) is 11.1 Å². The van der Waals surface area contributed by atoms with Crippen LogP contribution < -0.4 is 20.2 Å². The molecule has 0 saturated heterocycles. The van der Waals surface area contributed by atoms with Crippen LogP contribution in [0.2, 0.25) is 0 Å². The fourth-order valence-corrected chi connectivity index (χ4v) is 3.18. The molecule has 0 radical (unpaired) electrons. The lowest BCUT2D eigenvalue weighted by Gasteiger charge is -2.10. The Morgan fingerprint density at radius 2 is 1.79 bits per heavy atom. The summed E-state index contributed by atoms with van der Waals surface area (Å²) in [5.74, 6) is -1.15. The average molecular weight is 519 g/mol. The number of ether oxygens (including phenoxy) is 2. The van der Waals surface area contributed by atoms with Crippen molar-refractivity contribution >= 4 is 29.8 Å². The zero-order valence-electron chi connectivity index (χ0n) is 20.7. The number of rotatable bonds is 11. The van der Waals surface area contributed by atoms with Gasteiger partial charge in [0.15, 0.2) is 0 Å². The summed E-state index contributed by atoms with van der Waals surface area (Å²) in [5, 5.41) is 27.8. The molecule has 38 heavy (non-hydrogen) atoms. The van der Waals surface area contributed by atoms with Crippen LogP contribution in [0.3, 0.4) is 0 Å². The highest BCUT2D eigenvalue weighted by molar-refractivity contribution is 6.05. The normalized spacial score (nSPS) is 11.2. The van der Waals surface area contributed by atoms with Crippen molar-refractivity contribution in [2.75, 3.05) is 13.7 Å². The topological polar surface area (TPSA) is 152 Å². The van der Waals surface area contributed by atoms with E-state index in [1.165, 1.54) is 19.3 Å². The molecule has 3 N–H and O–H groups in total. The highest BCUT2D eigenvalue weighted by Gasteiger charge is 2.19. The van der Waals surface area contributed by atoms with E-state index in [2.05, 4.69) is 15.8 Å². The summed E-state index contributed by atoms with van der Waals surface area (Å²) in [6.07, 6.45) is 3.35. The number of phenols is 1. The molecule has 0 aliphatic heterocycles. The Hall–Kier alpha value is -5.19. The smallest absolute Gasteiger partial charge is 0.315 e. The van der Waals surface area contributed by atoms with E-state index in [0.29, 0.717) is 23.5 Å². The molecule has 0 saturated carbocycles. The second-order valence-electron chi connectivity index (χ2n) is 7.84. The summed E-state index contributed by atoms with van der Waals surface area (Å²) in [5.41, 5.74) is 2.46. The Balaban J connectivity index is 1.85. The van der Waals surface area contributed by atoms with Crippen molar-refractivity contribution in [1.29, 1.82) is 0 Å².